The smallest absolute Gasteiger partial charge is 0.121 e. The Morgan fingerprint density at radius 3 is 3.20 bits per heavy atom. The van der Waals surface area contributed by atoms with Crippen molar-refractivity contribution in [2.45, 2.75) is 6.42 Å². The fourth-order valence-electron chi connectivity index (χ4n) is 1.07. The van der Waals surface area contributed by atoms with E-state index in [4.69, 9.17) is 0 Å². The largest absolute Gasteiger partial charge is 0.304 e. The summed E-state index contributed by atoms with van der Waals surface area (Å²) >= 11 is 0. The molecule has 0 atom stereocenters. The first-order chi connectivity index (χ1) is 4.93. The molecule has 1 saturated heterocycles. The number of nitrogens with zero attached hydrogens (tertiary/aromatic N) is 1. The summed E-state index contributed by atoms with van der Waals surface area (Å²) in [5.41, 5.74) is 0. The fraction of sp³-hybridized carbons (Fsp3) is 0.714. The van der Waals surface area contributed by atoms with E-state index in [1.807, 2.05) is 0 Å². The van der Waals surface area contributed by atoms with E-state index in [0.717, 1.165) is 26.3 Å². The van der Waals surface area contributed by atoms with Crippen LogP contribution < -0.4 is 5.32 Å². The highest BCUT2D eigenvalue weighted by molar-refractivity contribution is 5.45. The van der Waals surface area contributed by atoms with Crippen molar-refractivity contribution in [2.24, 2.45) is 0 Å². The van der Waals surface area contributed by atoms with E-state index >= 15 is 0 Å². The van der Waals surface area contributed by atoms with Gasteiger partial charge in [-0.1, -0.05) is 0 Å². The number of hydrogen-bond donors (Lipinski definition) is 1. The Labute approximate surface area is 60.7 Å². The van der Waals surface area contributed by atoms with Gasteiger partial charge in [-0.05, 0) is 13.0 Å². The summed E-state index contributed by atoms with van der Waals surface area (Å²) in [4.78, 5) is 12.0. The molecule has 3 heteroatoms. The van der Waals surface area contributed by atoms with Crippen LogP contribution in [0.2, 0.25) is 0 Å². The van der Waals surface area contributed by atoms with Crippen LogP contribution in [0.3, 0.4) is 0 Å². The topological polar surface area (TPSA) is 32.3 Å². The molecule has 1 fully saturated rings. The van der Waals surface area contributed by atoms with Crippen LogP contribution in [0.1, 0.15) is 6.42 Å². The minimum atomic E-state index is 0.733. The fourth-order valence-corrected chi connectivity index (χ4v) is 1.07. The van der Waals surface area contributed by atoms with Gasteiger partial charge in [0.2, 0.25) is 0 Å². The van der Waals surface area contributed by atoms with Gasteiger partial charge in [0.15, 0.2) is 0 Å². The summed E-state index contributed by atoms with van der Waals surface area (Å²) in [5.74, 6) is 1.77. The van der Waals surface area contributed by atoms with E-state index in [0.29, 0.717) is 0 Å². The van der Waals surface area contributed by atoms with Gasteiger partial charge in [0.05, 0.1) is 0 Å². The first kappa shape index (κ1) is 7.48. The van der Waals surface area contributed by atoms with Crippen LogP contribution in [0.4, 0.5) is 0 Å². The zero-order chi connectivity index (χ0) is 7.23. The molecule has 1 aliphatic rings. The molecule has 0 aliphatic carbocycles. The van der Waals surface area contributed by atoms with Crippen molar-refractivity contribution in [3.63, 3.8) is 0 Å². The minimum Gasteiger partial charge on any atom is -0.304 e. The van der Waals surface area contributed by atoms with E-state index < -0.39 is 0 Å². The summed E-state index contributed by atoms with van der Waals surface area (Å²) in [5, 5.41) is 3.22. The van der Waals surface area contributed by atoms with Gasteiger partial charge in [0, 0.05) is 25.8 Å². The van der Waals surface area contributed by atoms with Crippen LogP contribution in [0.25, 0.3) is 0 Å². The quantitative estimate of drug-likeness (QED) is 0.531. The molecule has 1 rings (SSSR count). The van der Waals surface area contributed by atoms with Crippen molar-refractivity contribution in [1.82, 2.24) is 10.2 Å². The Balaban J connectivity index is 2.19. The highest BCUT2D eigenvalue weighted by atomic mass is 16.1. The summed E-state index contributed by atoms with van der Waals surface area (Å²) in [6.07, 6.45) is 2.69. The van der Waals surface area contributed by atoms with Gasteiger partial charge in [-0.3, -0.25) is 4.90 Å². The monoisotopic (exact) mass is 140 g/mol. The third-order valence-corrected chi connectivity index (χ3v) is 1.60. The zero-order valence-electron chi connectivity index (χ0n) is 5.97. The van der Waals surface area contributed by atoms with E-state index in [2.05, 4.69) is 10.2 Å². The Morgan fingerprint density at radius 1 is 1.70 bits per heavy atom. The first-order valence-electron chi connectivity index (χ1n) is 3.56. The maximum atomic E-state index is 9.82. The Morgan fingerprint density at radius 2 is 2.60 bits per heavy atom. The zero-order valence-corrected chi connectivity index (χ0v) is 5.97. The lowest BCUT2D eigenvalue weighted by atomic mass is 10.3. The average molecular weight is 140 g/mol. The lowest BCUT2D eigenvalue weighted by Crippen LogP contribution is -2.41. The number of hydrogen-bond acceptors (Lipinski definition) is 3. The van der Waals surface area contributed by atoms with E-state index in [-0.39, 0.29) is 0 Å². The van der Waals surface area contributed by atoms with Crippen molar-refractivity contribution < 1.29 is 4.79 Å². The Hall–Kier alpha value is -0.630. The number of carbonyl (C=O) groups excluding carboxylic acids is 1. The third kappa shape index (κ3) is 2.31. The molecule has 0 aromatic rings. The summed E-state index contributed by atoms with van der Waals surface area (Å²) in [6, 6.07) is 0. The molecule has 0 aromatic carbocycles. The maximum absolute atomic E-state index is 9.82. The molecule has 0 bridgehead atoms. The highest BCUT2D eigenvalue weighted by Crippen LogP contribution is 1.93. The SMILES string of the molecule is O=C=CCN1CCCNC1. The average Bonchev–Trinajstić information content (AvgIpc) is 2.03. The molecule has 0 radical (unpaired) electrons. The summed E-state index contributed by atoms with van der Waals surface area (Å²) < 4.78 is 0. The maximum Gasteiger partial charge on any atom is 0.121 e. The van der Waals surface area contributed by atoms with Gasteiger partial charge in [0.1, 0.15) is 5.94 Å². The van der Waals surface area contributed by atoms with Crippen molar-refractivity contribution in [1.29, 1.82) is 0 Å². The second-order valence-corrected chi connectivity index (χ2v) is 2.41. The highest BCUT2D eigenvalue weighted by Gasteiger charge is 2.06. The normalized spacial score (nSPS) is 20.0. The molecular formula is C7H12N2O. The second kappa shape index (κ2) is 4.23. The molecule has 56 valence electrons. The molecule has 1 heterocycles. The van der Waals surface area contributed by atoms with Gasteiger partial charge in [-0.2, -0.15) is 0 Å². The van der Waals surface area contributed by atoms with Crippen LogP contribution in [-0.2, 0) is 4.79 Å². The molecule has 0 aromatic heterocycles. The summed E-state index contributed by atoms with van der Waals surface area (Å²) in [6.45, 7) is 3.82. The lowest BCUT2D eigenvalue weighted by molar-refractivity contribution is 0.237. The van der Waals surface area contributed by atoms with Gasteiger partial charge in [-0.15, -0.1) is 0 Å². The molecule has 0 saturated carbocycles. The van der Waals surface area contributed by atoms with E-state index in [1.165, 1.54) is 12.5 Å². The molecule has 1 N–H and O–H groups in total. The number of nitrogens with one attached hydrogen (secondary N) is 1. The molecule has 0 unspecified atom stereocenters. The van der Waals surface area contributed by atoms with E-state index in [1.54, 1.807) is 5.94 Å². The standard InChI is InChI=1S/C7H12N2O/c10-6-2-5-9-4-1-3-8-7-9/h2,8H,1,3-5,7H2. The van der Waals surface area contributed by atoms with Crippen molar-refractivity contribution in [3.05, 3.63) is 6.08 Å². The molecule has 0 spiro atoms. The Bertz CT molecular complexity index is 135. The second-order valence-electron chi connectivity index (χ2n) is 2.41. The van der Waals surface area contributed by atoms with Crippen molar-refractivity contribution in [3.8, 4) is 0 Å². The van der Waals surface area contributed by atoms with Crippen LogP contribution in [-0.4, -0.2) is 37.1 Å². The third-order valence-electron chi connectivity index (χ3n) is 1.60. The van der Waals surface area contributed by atoms with Gasteiger partial charge in [0.25, 0.3) is 0 Å². The minimum absolute atomic E-state index is 0.733. The van der Waals surface area contributed by atoms with Crippen molar-refractivity contribution in [2.75, 3.05) is 26.3 Å². The van der Waals surface area contributed by atoms with Crippen LogP contribution in [0, 0.1) is 0 Å². The molecule has 0 amide bonds. The summed E-state index contributed by atoms with van der Waals surface area (Å²) in [7, 11) is 0. The molecule has 3 nitrogen and oxygen atoms in total. The van der Waals surface area contributed by atoms with Crippen molar-refractivity contribution >= 4 is 5.94 Å². The molecule has 10 heavy (non-hydrogen) atoms. The molecule has 1 aliphatic heterocycles. The lowest BCUT2D eigenvalue weighted by Gasteiger charge is -2.25. The predicted octanol–water partition coefficient (Wildman–Crippen LogP) is -0.373. The Kier molecular flexibility index (Phi) is 3.16. The van der Waals surface area contributed by atoms with Crippen LogP contribution in [0.15, 0.2) is 6.08 Å². The van der Waals surface area contributed by atoms with E-state index in [9.17, 15) is 4.79 Å². The van der Waals surface area contributed by atoms with Gasteiger partial charge < -0.3 is 5.32 Å². The van der Waals surface area contributed by atoms with Gasteiger partial charge in [-0.25, -0.2) is 4.79 Å². The van der Waals surface area contributed by atoms with Crippen LogP contribution >= 0.6 is 0 Å². The molecular weight excluding hydrogens is 128 g/mol. The predicted molar refractivity (Wildman–Crippen MR) is 39.3 cm³/mol. The van der Waals surface area contributed by atoms with Gasteiger partial charge >= 0.3 is 0 Å². The first-order valence-corrected chi connectivity index (χ1v) is 3.56. The number of rotatable bonds is 2. The van der Waals surface area contributed by atoms with Crippen LogP contribution in [0.5, 0.6) is 0 Å².